The van der Waals surface area contributed by atoms with E-state index in [-0.39, 0.29) is 0 Å². The Balaban J connectivity index is 1.42. The zero-order valence-corrected chi connectivity index (χ0v) is 34.9. The quantitative estimate of drug-likeness (QED) is 0.0786. The molecule has 0 saturated heterocycles. The lowest BCUT2D eigenvalue weighted by molar-refractivity contribution is 0.870. The monoisotopic (exact) mass is 810 g/mol. The summed E-state index contributed by atoms with van der Waals surface area (Å²) in [5.74, 6) is 5.50. The van der Waals surface area contributed by atoms with Crippen LogP contribution in [0.5, 0.6) is 0 Å². The van der Waals surface area contributed by atoms with Crippen molar-refractivity contribution in [2.24, 2.45) is 0 Å². The van der Waals surface area contributed by atoms with Crippen LogP contribution < -0.4 is 0 Å². The maximum absolute atomic E-state index is 2.26. The molecule has 0 fully saturated rings. The highest BCUT2D eigenvalue weighted by atomic mass is 32.2. The van der Waals surface area contributed by atoms with Gasteiger partial charge in [0.2, 0.25) is 0 Å². The van der Waals surface area contributed by atoms with E-state index in [4.69, 9.17) is 0 Å². The Morgan fingerprint density at radius 2 is 0.315 bits per heavy atom. The van der Waals surface area contributed by atoms with Crippen LogP contribution in [0.25, 0.3) is 0 Å². The van der Waals surface area contributed by atoms with E-state index in [1.165, 1.54) is 62.8 Å². The minimum absolute atomic E-state index is 0.917. The van der Waals surface area contributed by atoms with Gasteiger partial charge >= 0.3 is 0 Å². The molecule has 7 rings (SSSR count). The summed E-state index contributed by atoms with van der Waals surface area (Å²) in [6.07, 6.45) is 0. The molecule has 0 bridgehead atoms. The van der Waals surface area contributed by atoms with Gasteiger partial charge in [0.15, 0.2) is 0 Å². The standard InChI is InChI=1S/C48H42S6/c1-7-19-37(20-8-1)31-49-43-44(50-32-38-21-9-2-10-22-38)46(52-34-40-25-13-4-14-26-40)48(54-36-42-29-17-6-18-30-42)47(53-35-41-27-15-5-16-28-41)45(43)51-33-39-23-11-3-12-24-39/h1-30H,31-36H2. The van der Waals surface area contributed by atoms with Crippen molar-refractivity contribution in [2.45, 2.75) is 63.9 Å². The third-order valence-electron chi connectivity index (χ3n) is 8.59. The van der Waals surface area contributed by atoms with Gasteiger partial charge in [-0.15, -0.1) is 70.6 Å². The molecule has 7 aromatic carbocycles. The molecular formula is C48H42S6. The number of benzene rings is 7. The second-order valence-corrected chi connectivity index (χ2v) is 18.5. The van der Waals surface area contributed by atoms with Crippen LogP contribution >= 0.6 is 70.6 Å². The number of thioether (sulfide) groups is 6. The summed E-state index contributed by atoms with van der Waals surface area (Å²) in [6, 6.07) is 65.8. The van der Waals surface area contributed by atoms with Crippen molar-refractivity contribution in [1.29, 1.82) is 0 Å². The molecule has 0 aromatic heterocycles. The van der Waals surface area contributed by atoms with Crippen LogP contribution in [-0.2, 0) is 34.5 Å². The minimum atomic E-state index is 0.917. The van der Waals surface area contributed by atoms with E-state index in [1.54, 1.807) is 0 Å². The molecule has 0 aliphatic heterocycles. The molecule has 7 aromatic rings. The Kier molecular flexibility index (Phi) is 15.2. The first-order valence-corrected chi connectivity index (χ1v) is 24.0. The lowest BCUT2D eigenvalue weighted by atomic mass is 10.2. The number of hydrogen-bond acceptors (Lipinski definition) is 6. The number of hydrogen-bond donors (Lipinski definition) is 0. The van der Waals surface area contributed by atoms with Crippen molar-refractivity contribution in [3.63, 3.8) is 0 Å². The fourth-order valence-electron chi connectivity index (χ4n) is 5.78. The molecule has 54 heavy (non-hydrogen) atoms. The molecule has 0 unspecified atom stereocenters. The Labute approximate surface area is 347 Å². The highest BCUT2D eigenvalue weighted by Crippen LogP contribution is 2.56. The van der Waals surface area contributed by atoms with Gasteiger partial charge in [0.25, 0.3) is 0 Å². The average Bonchev–Trinajstić information content (AvgIpc) is 3.24. The molecule has 0 radical (unpaired) electrons. The van der Waals surface area contributed by atoms with E-state index in [0.717, 1.165) is 34.5 Å². The Morgan fingerprint density at radius 3 is 0.444 bits per heavy atom. The predicted molar refractivity (Wildman–Crippen MR) is 242 cm³/mol. The molecular weight excluding hydrogens is 769 g/mol. The van der Waals surface area contributed by atoms with E-state index in [2.05, 4.69) is 182 Å². The summed E-state index contributed by atoms with van der Waals surface area (Å²) >= 11 is 12.1. The molecule has 0 aliphatic carbocycles. The Morgan fingerprint density at radius 1 is 0.185 bits per heavy atom. The molecule has 6 heteroatoms. The second-order valence-electron chi connectivity index (χ2n) is 12.6. The van der Waals surface area contributed by atoms with E-state index in [9.17, 15) is 0 Å². The summed E-state index contributed by atoms with van der Waals surface area (Å²) in [4.78, 5) is 8.48. The van der Waals surface area contributed by atoms with E-state index < -0.39 is 0 Å². The van der Waals surface area contributed by atoms with Gasteiger partial charge in [-0.25, -0.2) is 0 Å². The highest BCUT2D eigenvalue weighted by molar-refractivity contribution is 8.06. The molecule has 0 N–H and O–H groups in total. The number of rotatable bonds is 18. The van der Waals surface area contributed by atoms with Crippen LogP contribution in [0.3, 0.4) is 0 Å². The van der Waals surface area contributed by atoms with Gasteiger partial charge < -0.3 is 0 Å². The fraction of sp³-hybridized carbons (Fsp3) is 0.125. The lowest BCUT2D eigenvalue weighted by Crippen LogP contribution is -1.99. The van der Waals surface area contributed by atoms with Gasteiger partial charge in [0, 0.05) is 63.9 Å². The van der Waals surface area contributed by atoms with Crippen LogP contribution in [0.15, 0.2) is 211 Å². The van der Waals surface area contributed by atoms with Gasteiger partial charge in [-0.2, -0.15) is 0 Å². The summed E-state index contributed by atoms with van der Waals surface area (Å²) in [7, 11) is 0. The smallest absolute Gasteiger partial charge is 0.0371 e. The van der Waals surface area contributed by atoms with Crippen LogP contribution in [-0.4, -0.2) is 0 Å². The van der Waals surface area contributed by atoms with Crippen LogP contribution in [0.4, 0.5) is 0 Å². The van der Waals surface area contributed by atoms with Crippen LogP contribution in [0, 0.1) is 0 Å². The summed E-state index contributed by atoms with van der Waals surface area (Å²) in [6.45, 7) is 0. The van der Waals surface area contributed by atoms with Crippen molar-refractivity contribution in [1.82, 2.24) is 0 Å². The maximum Gasteiger partial charge on any atom is 0.0371 e. The summed E-state index contributed by atoms with van der Waals surface area (Å²) in [5.41, 5.74) is 8.08. The maximum atomic E-state index is 2.26. The summed E-state index contributed by atoms with van der Waals surface area (Å²) < 4.78 is 0. The van der Waals surface area contributed by atoms with Crippen molar-refractivity contribution in [3.05, 3.63) is 215 Å². The molecule has 0 saturated carbocycles. The first-order chi connectivity index (χ1) is 26.8. The van der Waals surface area contributed by atoms with Crippen molar-refractivity contribution in [3.8, 4) is 0 Å². The van der Waals surface area contributed by atoms with Gasteiger partial charge in [-0.1, -0.05) is 182 Å². The van der Waals surface area contributed by atoms with Crippen molar-refractivity contribution >= 4 is 70.6 Å². The first kappa shape index (κ1) is 38.9. The van der Waals surface area contributed by atoms with E-state index in [0.29, 0.717) is 0 Å². The Hall–Kier alpha value is -3.36. The van der Waals surface area contributed by atoms with Gasteiger partial charge in [0.1, 0.15) is 0 Å². The molecule has 0 atom stereocenters. The lowest BCUT2D eigenvalue weighted by Gasteiger charge is -2.26. The van der Waals surface area contributed by atoms with Crippen LogP contribution in [0.1, 0.15) is 33.4 Å². The third kappa shape index (κ3) is 11.3. The largest absolute Gasteiger partial charge is 0.119 e. The zero-order valence-electron chi connectivity index (χ0n) is 30.0. The molecule has 0 nitrogen and oxygen atoms in total. The SMILES string of the molecule is c1ccc(CSc2c(SCc3ccccc3)c(SCc3ccccc3)c(SCc3ccccc3)c(SCc3ccccc3)c2SCc2ccccc2)cc1. The average molecular weight is 811 g/mol. The van der Waals surface area contributed by atoms with Gasteiger partial charge in [-0.3, -0.25) is 0 Å². The van der Waals surface area contributed by atoms with Crippen molar-refractivity contribution < 1.29 is 0 Å². The molecule has 0 spiro atoms. The van der Waals surface area contributed by atoms with Gasteiger partial charge in [0.05, 0.1) is 0 Å². The summed E-state index contributed by atoms with van der Waals surface area (Å²) in [5, 5.41) is 0. The zero-order chi connectivity index (χ0) is 36.6. The minimum Gasteiger partial charge on any atom is -0.119 e. The first-order valence-electron chi connectivity index (χ1n) is 18.0. The van der Waals surface area contributed by atoms with Gasteiger partial charge in [-0.05, 0) is 33.4 Å². The fourth-order valence-corrected chi connectivity index (χ4v) is 14.1. The normalized spacial score (nSPS) is 11.1. The van der Waals surface area contributed by atoms with E-state index in [1.807, 2.05) is 70.6 Å². The molecule has 270 valence electrons. The second kappa shape index (κ2) is 21.1. The molecule has 0 amide bonds. The molecule has 0 aliphatic rings. The van der Waals surface area contributed by atoms with E-state index >= 15 is 0 Å². The third-order valence-corrected chi connectivity index (χ3v) is 16.4. The van der Waals surface area contributed by atoms with Crippen molar-refractivity contribution in [2.75, 3.05) is 0 Å². The highest BCUT2D eigenvalue weighted by Gasteiger charge is 2.27. The Bertz CT molecular complexity index is 1720. The topological polar surface area (TPSA) is 0 Å². The predicted octanol–water partition coefficient (Wildman–Crippen LogP) is 15.4. The molecule has 0 heterocycles. The van der Waals surface area contributed by atoms with Crippen LogP contribution in [0.2, 0.25) is 0 Å².